The second kappa shape index (κ2) is 5.01. The van der Waals surface area contributed by atoms with Crippen molar-refractivity contribution in [3.05, 3.63) is 29.6 Å². The van der Waals surface area contributed by atoms with Crippen molar-refractivity contribution in [3.63, 3.8) is 0 Å². The Morgan fingerprint density at radius 1 is 1.45 bits per heavy atom. The van der Waals surface area contributed by atoms with E-state index in [1.807, 2.05) is 0 Å². The van der Waals surface area contributed by atoms with Gasteiger partial charge in [-0.1, -0.05) is 0 Å². The van der Waals surface area contributed by atoms with Gasteiger partial charge < -0.3 is 0 Å². The molecule has 1 aromatic heterocycles. The lowest BCUT2D eigenvalue weighted by molar-refractivity contribution is -0.140. The molecule has 2 rings (SSSR count). The second-order valence-electron chi connectivity index (χ2n) is 4.70. The molecular weight excluding hydrogens is 278 g/mol. The molecule has 1 aliphatic rings. The van der Waals surface area contributed by atoms with Crippen LogP contribution in [0.4, 0.5) is 17.6 Å². The Morgan fingerprint density at radius 3 is 2.55 bits per heavy atom. The highest BCUT2D eigenvalue weighted by Gasteiger charge is 2.52. The Kier molecular flexibility index (Phi) is 3.68. The third-order valence-corrected chi connectivity index (χ3v) is 3.03. The number of aromatic nitrogens is 1. The summed E-state index contributed by atoms with van der Waals surface area (Å²) >= 11 is 0. The number of hydrogen-bond donors (Lipinski definition) is 1. The topological polar surface area (TPSA) is 45.2 Å². The quantitative estimate of drug-likeness (QED) is 0.682. The minimum absolute atomic E-state index is 0.0382. The minimum Gasteiger partial charge on any atom is -0.278 e. The predicted octanol–water partition coefficient (Wildman–Crippen LogP) is 2.07. The van der Waals surface area contributed by atoms with Gasteiger partial charge in [0.05, 0.1) is 17.8 Å². The number of rotatable bonds is 4. The molecule has 0 aromatic carbocycles. The summed E-state index contributed by atoms with van der Waals surface area (Å²) in [7, 11) is 1.37. The molecule has 0 unspecified atom stereocenters. The summed E-state index contributed by atoms with van der Waals surface area (Å²) in [4.78, 5) is 15.2. The van der Waals surface area contributed by atoms with Crippen LogP contribution in [0.2, 0.25) is 0 Å². The summed E-state index contributed by atoms with van der Waals surface area (Å²) in [5, 5.41) is 1.01. The van der Waals surface area contributed by atoms with Crippen molar-refractivity contribution >= 4 is 5.91 Å². The molecule has 0 radical (unpaired) electrons. The summed E-state index contributed by atoms with van der Waals surface area (Å²) in [6.07, 6.45) is -3.30. The Morgan fingerprint density at radius 2 is 2.10 bits per heavy atom. The molecule has 8 heteroatoms. The van der Waals surface area contributed by atoms with E-state index < -0.39 is 23.3 Å². The maximum Gasteiger partial charge on any atom is 0.417 e. The fraction of sp³-hybridized carbons (Fsp3) is 0.500. The first-order valence-corrected chi connectivity index (χ1v) is 5.95. The maximum atomic E-state index is 13.5. The zero-order chi connectivity index (χ0) is 15.0. The highest BCUT2D eigenvalue weighted by Crippen LogP contribution is 2.40. The summed E-state index contributed by atoms with van der Waals surface area (Å²) in [5.74, 6) is -0.676. The van der Waals surface area contributed by atoms with Crippen LogP contribution < -0.4 is 5.43 Å². The Hall–Kier alpha value is -1.70. The van der Waals surface area contributed by atoms with E-state index in [-0.39, 0.29) is 19.4 Å². The maximum absolute atomic E-state index is 13.5. The summed E-state index contributed by atoms with van der Waals surface area (Å²) in [6, 6.07) is 2.11. The zero-order valence-electron chi connectivity index (χ0n) is 10.7. The van der Waals surface area contributed by atoms with Crippen LogP contribution in [0.3, 0.4) is 0 Å². The molecule has 1 N–H and O–H groups in total. The van der Waals surface area contributed by atoms with Gasteiger partial charge in [-0.25, -0.2) is 9.82 Å². The first-order chi connectivity index (χ1) is 9.22. The molecule has 1 aromatic rings. The van der Waals surface area contributed by atoms with Gasteiger partial charge >= 0.3 is 6.18 Å². The molecule has 0 spiro atoms. The molecule has 20 heavy (non-hydrogen) atoms. The van der Waals surface area contributed by atoms with Crippen LogP contribution in [0.5, 0.6) is 0 Å². The number of alkyl halides is 4. The number of carbonyl (C=O) groups is 1. The highest BCUT2D eigenvalue weighted by atomic mass is 19.4. The Balaban J connectivity index is 1.89. The van der Waals surface area contributed by atoms with Gasteiger partial charge in [0.2, 0.25) is 0 Å². The molecule has 0 aliphatic heterocycles. The Bertz CT molecular complexity index is 496. The van der Waals surface area contributed by atoms with Crippen LogP contribution in [0.15, 0.2) is 18.3 Å². The lowest BCUT2D eigenvalue weighted by Gasteiger charge is -2.20. The number of halogens is 4. The monoisotopic (exact) mass is 291 g/mol. The normalized spacial score (nSPS) is 16.9. The molecule has 1 saturated carbocycles. The van der Waals surface area contributed by atoms with Gasteiger partial charge in [-0.2, -0.15) is 13.2 Å². The smallest absolute Gasteiger partial charge is 0.278 e. The van der Waals surface area contributed by atoms with Crippen LogP contribution >= 0.6 is 0 Å². The first-order valence-electron chi connectivity index (χ1n) is 5.95. The van der Waals surface area contributed by atoms with Crippen LogP contribution in [-0.2, 0) is 17.5 Å². The van der Waals surface area contributed by atoms with Crippen molar-refractivity contribution in [1.29, 1.82) is 0 Å². The van der Waals surface area contributed by atoms with E-state index in [9.17, 15) is 22.4 Å². The predicted molar refractivity (Wildman–Crippen MR) is 61.9 cm³/mol. The molecule has 1 fully saturated rings. The third kappa shape index (κ3) is 3.24. The lowest BCUT2D eigenvalue weighted by Crippen LogP contribution is -2.44. The SMILES string of the molecule is CN(NCc1ccc(C(F)(F)F)cn1)C(=O)C1(F)CC1. The van der Waals surface area contributed by atoms with Crippen LogP contribution in [-0.4, -0.2) is 28.6 Å². The van der Waals surface area contributed by atoms with Crippen LogP contribution in [0, 0.1) is 0 Å². The number of carbonyl (C=O) groups excluding carboxylic acids is 1. The van der Waals surface area contributed by atoms with Gasteiger partial charge in [0.15, 0.2) is 5.67 Å². The summed E-state index contributed by atoms with van der Waals surface area (Å²) in [6.45, 7) is 0.0382. The number of amides is 1. The number of hydrazine groups is 1. The van der Waals surface area contributed by atoms with Crippen molar-refractivity contribution in [2.45, 2.75) is 31.2 Å². The van der Waals surface area contributed by atoms with Gasteiger partial charge in [-0.05, 0) is 25.0 Å². The van der Waals surface area contributed by atoms with E-state index in [2.05, 4.69) is 10.4 Å². The molecule has 1 amide bonds. The molecule has 1 aliphatic carbocycles. The molecule has 110 valence electrons. The minimum atomic E-state index is -4.43. The molecule has 4 nitrogen and oxygen atoms in total. The number of nitrogens with zero attached hydrogens (tertiary/aromatic N) is 2. The fourth-order valence-corrected chi connectivity index (χ4v) is 1.59. The van der Waals surface area contributed by atoms with Gasteiger partial charge in [0.25, 0.3) is 5.91 Å². The average Bonchev–Trinajstić information content (AvgIpc) is 3.14. The lowest BCUT2D eigenvalue weighted by atomic mass is 10.2. The molecule has 0 saturated heterocycles. The van der Waals surface area contributed by atoms with E-state index in [0.717, 1.165) is 17.3 Å². The van der Waals surface area contributed by atoms with Gasteiger partial charge in [-0.3, -0.25) is 14.8 Å². The highest BCUT2D eigenvalue weighted by molar-refractivity contribution is 5.87. The van der Waals surface area contributed by atoms with Crippen molar-refractivity contribution < 1.29 is 22.4 Å². The zero-order valence-corrected chi connectivity index (χ0v) is 10.7. The number of hydrogen-bond acceptors (Lipinski definition) is 3. The van der Waals surface area contributed by atoms with E-state index in [0.29, 0.717) is 5.69 Å². The third-order valence-electron chi connectivity index (χ3n) is 3.03. The fourth-order valence-electron chi connectivity index (χ4n) is 1.59. The number of nitrogens with one attached hydrogen (secondary N) is 1. The average molecular weight is 291 g/mol. The largest absolute Gasteiger partial charge is 0.417 e. The second-order valence-corrected chi connectivity index (χ2v) is 4.70. The molecular formula is C12H13F4N3O. The molecule has 1 heterocycles. The molecule has 0 atom stereocenters. The van der Waals surface area contributed by atoms with Crippen molar-refractivity contribution in [3.8, 4) is 0 Å². The van der Waals surface area contributed by atoms with Crippen molar-refractivity contribution in [2.75, 3.05) is 7.05 Å². The van der Waals surface area contributed by atoms with E-state index >= 15 is 0 Å². The van der Waals surface area contributed by atoms with Crippen LogP contribution in [0.1, 0.15) is 24.1 Å². The Labute approximate surface area is 112 Å². The van der Waals surface area contributed by atoms with Gasteiger partial charge in [0, 0.05) is 13.2 Å². The van der Waals surface area contributed by atoms with Crippen molar-refractivity contribution in [1.82, 2.24) is 15.4 Å². The van der Waals surface area contributed by atoms with E-state index in [1.54, 1.807) is 0 Å². The van der Waals surface area contributed by atoms with Gasteiger partial charge in [-0.15, -0.1) is 0 Å². The first kappa shape index (κ1) is 14.7. The standard InChI is InChI=1S/C12H13F4N3O/c1-19(10(20)11(13)4-5-11)18-7-9-3-2-8(6-17-9)12(14,15)16/h2-3,6,18H,4-5,7H2,1H3. The van der Waals surface area contributed by atoms with E-state index in [1.165, 1.54) is 13.1 Å². The summed E-state index contributed by atoms with van der Waals surface area (Å²) in [5.41, 5.74) is 0.300. The number of pyridine rings is 1. The molecule has 0 bridgehead atoms. The van der Waals surface area contributed by atoms with Crippen LogP contribution in [0.25, 0.3) is 0 Å². The van der Waals surface area contributed by atoms with Gasteiger partial charge in [0.1, 0.15) is 0 Å². The van der Waals surface area contributed by atoms with E-state index in [4.69, 9.17) is 0 Å². The summed E-state index contributed by atoms with van der Waals surface area (Å²) < 4.78 is 50.5. The van der Waals surface area contributed by atoms with Crippen molar-refractivity contribution in [2.24, 2.45) is 0 Å².